The summed E-state index contributed by atoms with van der Waals surface area (Å²) in [6.07, 6.45) is 3.04. The summed E-state index contributed by atoms with van der Waals surface area (Å²) in [5.74, 6) is -0.614. The number of halogens is 1. The zero-order valence-electron chi connectivity index (χ0n) is 6.88. The molecule has 0 aromatic heterocycles. The lowest BCUT2D eigenvalue weighted by Gasteiger charge is -2.22. The Hall–Kier alpha value is -0.280. The zero-order valence-corrected chi connectivity index (χ0v) is 7.69. The van der Waals surface area contributed by atoms with Crippen LogP contribution < -0.4 is 5.32 Å². The second kappa shape index (κ2) is 3.23. The number of hydrogen-bond acceptors (Lipinski definition) is 2. The van der Waals surface area contributed by atoms with Crippen molar-refractivity contribution < 1.29 is 9.90 Å². The van der Waals surface area contributed by atoms with E-state index in [4.69, 9.17) is 5.11 Å². The Bertz CT molecular complexity index is 189. The van der Waals surface area contributed by atoms with E-state index in [1.807, 2.05) is 0 Å². The number of aliphatic carboxylic acids is 1. The Balaban J connectivity index is 0.000000720. The van der Waals surface area contributed by atoms with Crippen LogP contribution in [0.2, 0.25) is 0 Å². The second-order valence-electron chi connectivity index (χ2n) is 3.71. The molecule has 0 amide bonds. The molecule has 1 aliphatic heterocycles. The second-order valence-corrected chi connectivity index (χ2v) is 3.71. The van der Waals surface area contributed by atoms with Crippen LogP contribution in [0.5, 0.6) is 0 Å². The Morgan fingerprint density at radius 1 is 1.42 bits per heavy atom. The molecule has 1 heterocycles. The van der Waals surface area contributed by atoms with Crippen LogP contribution in [0.4, 0.5) is 0 Å². The van der Waals surface area contributed by atoms with Crippen molar-refractivity contribution in [2.75, 3.05) is 13.1 Å². The normalized spacial score (nSPS) is 30.8. The van der Waals surface area contributed by atoms with E-state index < -0.39 is 5.97 Å². The third kappa shape index (κ3) is 1.43. The molecule has 0 aromatic rings. The molecular formula is C8H14ClNO2. The molecule has 70 valence electrons. The molecule has 1 saturated heterocycles. The van der Waals surface area contributed by atoms with Gasteiger partial charge >= 0.3 is 5.97 Å². The average molecular weight is 192 g/mol. The minimum absolute atomic E-state index is 0. The number of piperidine rings is 1. The van der Waals surface area contributed by atoms with Crippen molar-refractivity contribution in [1.29, 1.82) is 0 Å². The molecule has 2 N–H and O–H groups in total. The first-order chi connectivity index (χ1) is 5.25. The fraction of sp³-hybridized carbons (Fsp3) is 0.875. The SMILES string of the molecule is Cl.O=C(O)C1CC12CCNCC2. The van der Waals surface area contributed by atoms with Gasteiger partial charge in [0.25, 0.3) is 0 Å². The van der Waals surface area contributed by atoms with Gasteiger partial charge in [0.2, 0.25) is 0 Å². The monoisotopic (exact) mass is 191 g/mol. The number of nitrogens with one attached hydrogen (secondary N) is 1. The maximum absolute atomic E-state index is 10.6. The minimum atomic E-state index is -0.591. The molecule has 1 saturated carbocycles. The lowest BCUT2D eigenvalue weighted by molar-refractivity contribution is -0.139. The Morgan fingerprint density at radius 2 is 2.00 bits per heavy atom. The van der Waals surface area contributed by atoms with Gasteiger partial charge in [-0.15, -0.1) is 12.4 Å². The van der Waals surface area contributed by atoms with Crippen molar-refractivity contribution in [1.82, 2.24) is 5.32 Å². The molecule has 0 radical (unpaired) electrons. The summed E-state index contributed by atoms with van der Waals surface area (Å²) in [6.45, 7) is 2.01. The Morgan fingerprint density at radius 3 is 2.42 bits per heavy atom. The third-order valence-electron chi connectivity index (χ3n) is 3.09. The van der Waals surface area contributed by atoms with Gasteiger partial charge in [0.05, 0.1) is 5.92 Å². The van der Waals surface area contributed by atoms with E-state index in [0.29, 0.717) is 0 Å². The quantitative estimate of drug-likeness (QED) is 0.647. The van der Waals surface area contributed by atoms with E-state index in [2.05, 4.69) is 5.32 Å². The van der Waals surface area contributed by atoms with Crippen LogP contribution in [-0.2, 0) is 4.79 Å². The maximum Gasteiger partial charge on any atom is 0.307 e. The van der Waals surface area contributed by atoms with Crippen molar-refractivity contribution in [2.24, 2.45) is 11.3 Å². The van der Waals surface area contributed by atoms with Crippen LogP contribution >= 0.6 is 12.4 Å². The highest BCUT2D eigenvalue weighted by molar-refractivity contribution is 5.85. The van der Waals surface area contributed by atoms with Gasteiger partial charge in [-0.3, -0.25) is 4.79 Å². The topological polar surface area (TPSA) is 49.3 Å². The number of hydrogen-bond donors (Lipinski definition) is 2. The molecule has 1 spiro atoms. The van der Waals surface area contributed by atoms with Gasteiger partial charge in [-0.05, 0) is 37.8 Å². The van der Waals surface area contributed by atoms with Crippen LogP contribution in [0.25, 0.3) is 0 Å². The van der Waals surface area contributed by atoms with Crippen LogP contribution in [0.1, 0.15) is 19.3 Å². The molecule has 0 bridgehead atoms. The fourth-order valence-corrected chi connectivity index (χ4v) is 2.17. The van der Waals surface area contributed by atoms with Crippen molar-refractivity contribution >= 4 is 18.4 Å². The summed E-state index contributed by atoms with van der Waals surface area (Å²) in [7, 11) is 0. The predicted octanol–water partition coefficient (Wildman–Crippen LogP) is 0.882. The number of carbonyl (C=O) groups is 1. The van der Waals surface area contributed by atoms with Gasteiger partial charge in [0.1, 0.15) is 0 Å². The van der Waals surface area contributed by atoms with Crippen molar-refractivity contribution in [3.05, 3.63) is 0 Å². The highest BCUT2D eigenvalue weighted by atomic mass is 35.5. The molecule has 2 fully saturated rings. The van der Waals surface area contributed by atoms with Gasteiger partial charge in [0, 0.05) is 0 Å². The number of carboxylic acid groups (broad SMARTS) is 1. The van der Waals surface area contributed by atoms with Gasteiger partial charge in [-0.2, -0.15) is 0 Å². The number of rotatable bonds is 1. The summed E-state index contributed by atoms with van der Waals surface area (Å²) < 4.78 is 0. The average Bonchev–Trinajstić information content (AvgIpc) is 2.66. The van der Waals surface area contributed by atoms with Crippen molar-refractivity contribution in [3.8, 4) is 0 Å². The maximum atomic E-state index is 10.6. The Labute approximate surface area is 77.9 Å². The molecule has 1 atom stereocenters. The van der Waals surface area contributed by atoms with E-state index in [-0.39, 0.29) is 23.7 Å². The van der Waals surface area contributed by atoms with Crippen molar-refractivity contribution in [3.63, 3.8) is 0 Å². The summed E-state index contributed by atoms with van der Waals surface area (Å²) >= 11 is 0. The highest BCUT2D eigenvalue weighted by Crippen LogP contribution is 2.58. The van der Waals surface area contributed by atoms with Crippen molar-refractivity contribution in [2.45, 2.75) is 19.3 Å². The molecule has 1 unspecified atom stereocenters. The zero-order chi connectivity index (χ0) is 7.90. The van der Waals surface area contributed by atoms with E-state index in [1.165, 1.54) is 0 Å². The van der Waals surface area contributed by atoms with Gasteiger partial charge in [-0.25, -0.2) is 0 Å². The lowest BCUT2D eigenvalue weighted by Crippen LogP contribution is -2.30. The smallest absolute Gasteiger partial charge is 0.307 e. The van der Waals surface area contributed by atoms with Crippen LogP contribution in [0, 0.1) is 11.3 Å². The van der Waals surface area contributed by atoms with E-state index >= 15 is 0 Å². The van der Waals surface area contributed by atoms with Crippen LogP contribution in [0.15, 0.2) is 0 Å². The van der Waals surface area contributed by atoms with E-state index in [1.54, 1.807) is 0 Å². The molecule has 4 heteroatoms. The number of carboxylic acids is 1. The van der Waals surface area contributed by atoms with E-state index in [0.717, 1.165) is 32.4 Å². The van der Waals surface area contributed by atoms with Gasteiger partial charge in [0.15, 0.2) is 0 Å². The molecular weight excluding hydrogens is 178 g/mol. The third-order valence-corrected chi connectivity index (χ3v) is 3.09. The molecule has 12 heavy (non-hydrogen) atoms. The summed E-state index contributed by atoms with van der Waals surface area (Å²) in [5, 5.41) is 12.0. The first-order valence-electron chi connectivity index (χ1n) is 4.18. The van der Waals surface area contributed by atoms with E-state index in [9.17, 15) is 4.79 Å². The van der Waals surface area contributed by atoms with Gasteiger partial charge < -0.3 is 10.4 Å². The first-order valence-corrected chi connectivity index (χ1v) is 4.18. The molecule has 2 aliphatic rings. The molecule has 3 nitrogen and oxygen atoms in total. The Kier molecular flexibility index (Phi) is 2.64. The van der Waals surface area contributed by atoms with Crippen LogP contribution in [0.3, 0.4) is 0 Å². The molecule has 1 aliphatic carbocycles. The molecule has 2 rings (SSSR count). The molecule has 0 aromatic carbocycles. The minimum Gasteiger partial charge on any atom is -0.481 e. The lowest BCUT2D eigenvalue weighted by atomic mass is 9.92. The summed E-state index contributed by atoms with van der Waals surface area (Å²) in [5.41, 5.74) is 0.205. The predicted molar refractivity (Wildman–Crippen MR) is 47.5 cm³/mol. The highest BCUT2D eigenvalue weighted by Gasteiger charge is 2.57. The van der Waals surface area contributed by atoms with Crippen LogP contribution in [-0.4, -0.2) is 24.2 Å². The van der Waals surface area contributed by atoms with Gasteiger partial charge in [-0.1, -0.05) is 0 Å². The first kappa shape index (κ1) is 9.81. The summed E-state index contributed by atoms with van der Waals surface area (Å²) in [4.78, 5) is 10.6. The largest absolute Gasteiger partial charge is 0.481 e. The fourth-order valence-electron chi connectivity index (χ4n) is 2.17. The standard InChI is InChI=1S/C8H13NO2.ClH/c10-7(11)6-5-8(6)1-3-9-4-2-8;/h6,9H,1-5H2,(H,10,11);1H. The summed E-state index contributed by atoms with van der Waals surface area (Å²) in [6, 6.07) is 0.